The first-order chi connectivity index (χ1) is 14.7. The van der Waals surface area contributed by atoms with Crippen molar-refractivity contribution in [2.75, 3.05) is 31.5 Å². The Balaban J connectivity index is 1.56. The molecule has 3 amide bonds. The van der Waals surface area contributed by atoms with E-state index >= 15 is 0 Å². The molecule has 3 rings (SSSR count). The monoisotopic (exact) mass is 437 g/mol. The number of rotatable bonds is 4. The lowest BCUT2D eigenvalue weighted by molar-refractivity contribution is -0.274. The molecule has 164 valence electrons. The van der Waals surface area contributed by atoms with E-state index in [-0.39, 0.29) is 43.2 Å². The third kappa shape index (κ3) is 5.53. The van der Waals surface area contributed by atoms with Crippen molar-refractivity contribution in [2.24, 2.45) is 0 Å². The van der Waals surface area contributed by atoms with E-state index in [0.717, 1.165) is 12.1 Å². The van der Waals surface area contributed by atoms with Crippen LogP contribution in [0.2, 0.25) is 0 Å². The van der Waals surface area contributed by atoms with Gasteiger partial charge in [0.1, 0.15) is 11.6 Å². The number of urea groups is 1. The summed E-state index contributed by atoms with van der Waals surface area (Å²) in [5.74, 6) is -1.28. The van der Waals surface area contributed by atoms with Crippen LogP contribution in [0.3, 0.4) is 0 Å². The minimum Gasteiger partial charge on any atom is -0.406 e. The van der Waals surface area contributed by atoms with Crippen LogP contribution < -0.4 is 10.1 Å². The molecule has 10 heteroatoms. The Morgan fingerprint density at radius 2 is 1.61 bits per heavy atom. The first-order valence-corrected chi connectivity index (χ1v) is 9.30. The number of carbonyl (C=O) groups is 2. The Morgan fingerprint density at radius 3 is 2.19 bits per heavy atom. The summed E-state index contributed by atoms with van der Waals surface area (Å²) in [6.45, 7) is 4.52. The average molecular weight is 437 g/mol. The van der Waals surface area contributed by atoms with E-state index in [9.17, 15) is 27.2 Å². The highest BCUT2D eigenvalue weighted by Gasteiger charge is 2.31. The van der Waals surface area contributed by atoms with Gasteiger partial charge in [-0.1, -0.05) is 18.7 Å². The number of halogens is 4. The zero-order chi connectivity index (χ0) is 22.6. The van der Waals surface area contributed by atoms with E-state index in [1.807, 2.05) is 0 Å². The molecule has 0 aliphatic carbocycles. The van der Waals surface area contributed by atoms with Crippen molar-refractivity contribution in [3.63, 3.8) is 0 Å². The second kappa shape index (κ2) is 9.07. The minimum atomic E-state index is -4.79. The molecule has 2 aromatic carbocycles. The molecule has 31 heavy (non-hydrogen) atoms. The summed E-state index contributed by atoms with van der Waals surface area (Å²) in [4.78, 5) is 28.1. The lowest BCUT2D eigenvalue weighted by Gasteiger charge is -2.35. The summed E-state index contributed by atoms with van der Waals surface area (Å²) in [6, 6.07) is 8.54. The quantitative estimate of drug-likeness (QED) is 0.724. The minimum absolute atomic E-state index is 0.130. The van der Waals surface area contributed by atoms with Gasteiger partial charge in [0, 0.05) is 43.0 Å². The standard InChI is InChI=1S/C21H19F4N3O3/c1-2-16-17(4-3-5-18(16)22)19(29)27-10-12-28(13-11-27)20(30)26-14-6-8-15(9-7-14)31-21(23,24)25/h2-9H,1,10-13H2,(H,26,30). The molecule has 1 saturated heterocycles. The number of benzene rings is 2. The van der Waals surface area contributed by atoms with Crippen LogP contribution in [-0.4, -0.2) is 54.3 Å². The predicted molar refractivity (Wildman–Crippen MR) is 106 cm³/mol. The Labute approximate surface area is 175 Å². The predicted octanol–water partition coefficient (Wildman–Crippen LogP) is 4.36. The number of anilines is 1. The number of nitrogens with one attached hydrogen (secondary N) is 1. The van der Waals surface area contributed by atoms with E-state index in [0.29, 0.717) is 5.69 Å². The Bertz CT molecular complexity index is 969. The van der Waals surface area contributed by atoms with Gasteiger partial charge in [0.05, 0.1) is 0 Å². The number of alkyl halides is 3. The van der Waals surface area contributed by atoms with E-state index in [1.54, 1.807) is 0 Å². The van der Waals surface area contributed by atoms with Crippen LogP contribution in [0.1, 0.15) is 15.9 Å². The highest BCUT2D eigenvalue weighted by atomic mass is 19.4. The van der Waals surface area contributed by atoms with E-state index in [2.05, 4.69) is 16.6 Å². The summed E-state index contributed by atoms with van der Waals surface area (Å²) in [5.41, 5.74) is 0.633. The van der Waals surface area contributed by atoms with Crippen LogP contribution >= 0.6 is 0 Å². The van der Waals surface area contributed by atoms with Gasteiger partial charge in [0.15, 0.2) is 0 Å². The molecule has 0 atom stereocenters. The SMILES string of the molecule is C=Cc1c(F)cccc1C(=O)N1CCN(C(=O)Nc2ccc(OC(F)(F)F)cc2)CC1. The summed E-state index contributed by atoms with van der Waals surface area (Å²) in [7, 11) is 0. The van der Waals surface area contributed by atoms with Crippen molar-refractivity contribution in [1.82, 2.24) is 9.80 Å². The number of amides is 3. The molecule has 0 aromatic heterocycles. The van der Waals surface area contributed by atoms with Gasteiger partial charge in [-0.2, -0.15) is 0 Å². The van der Waals surface area contributed by atoms with Gasteiger partial charge in [-0.15, -0.1) is 13.2 Å². The van der Waals surface area contributed by atoms with E-state index in [4.69, 9.17) is 0 Å². The molecule has 1 heterocycles. The first-order valence-electron chi connectivity index (χ1n) is 9.30. The maximum absolute atomic E-state index is 13.9. The van der Waals surface area contributed by atoms with Crippen LogP contribution in [0, 0.1) is 5.82 Å². The van der Waals surface area contributed by atoms with Crippen LogP contribution in [0.15, 0.2) is 49.0 Å². The van der Waals surface area contributed by atoms with Gasteiger partial charge in [-0.25, -0.2) is 9.18 Å². The largest absolute Gasteiger partial charge is 0.573 e. The first kappa shape index (κ1) is 22.1. The molecule has 0 unspecified atom stereocenters. The van der Waals surface area contributed by atoms with E-state index < -0.39 is 24.0 Å². The fraction of sp³-hybridized carbons (Fsp3) is 0.238. The topological polar surface area (TPSA) is 61.9 Å². The highest BCUT2D eigenvalue weighted by Crippen LogP contribution is 2.24. The number of carbonyl (C=O) groups excluding carboxylic acids is 2. The maximum atomic E-state index is 13.9. The molecule has 0 spiro atoms. The maximum Gasteiger partial charge on any atom is 0.573 e. The van der Waals surface area contributed by atoms with Gasteiger partial charge < -0.3 is 19.9 Å². The molecule has 0 radical (unpaired) electrons. The Kier molecular flexibility index (Phi) is 6.47. The fourth-order valence-electron chi connectivity index (χ4n) is 3.16. The van der Waals surface area contributed by atoms with E-state index in [1.165, 1.54) is 46.2 Å². The fourth-order valence-corrected chi connectivity index (χ4v) is 3.16. The summed E-state index contributed by atoms with van der Waals surface area (Å²) >= 11 is 0. The average Bonchev–Trinajstić information content (AvgIpc) is 2.73. The van der Waals surface area contributed by atoms with Crippen LogP contribution in [0.5, 0.6) is 5.75 Å². The van der Waals surface area contributed by atoms with Crippen molar-refractivity contribution >= 4 is 23.7 Å². The zero-order valence-corrected chi connectivity index (χ0v) is 16.3. The number of hydrogen-bond donors (Lipinski definition) is 1. The lowest BCUT2D eigenvalue weighted by atomic mass is 10.1. The Morgan fingerprint density at radius 1 is 1.00 bits per heavy atom. The van der Waals surface area contributed by atoms with Crippen LogP contribution in [-0.2, 0) is 0 Å². The number of hydrogen-bond acceptors (Lipinski definition) is 3. The molecule has 6 nitrogen and oxygen atoms in total. The zero-order valence-electron chi connectivity index (χ0n) is 16.3. The normalized spacial score (nSPS) is 14.2. The van der Waals surface area contributed by atoms with Crippen molar-refractivity contribution in [3.8, 4) is 5.75 Å². The second-order valence-electron chi connectivity index (χ2n) is 6.69. The molecule has 1 aliphatic rings. The third-order valence-electron chi connectivity index (χ3n) is 4.68. The van der Waals surface area contributed by atoms with Crippen LogP contribution in [0.25, 0.3) is 6.08 Å². The van der Waals surface area contributed by atoms with Gasteiger partial charge in [0.25, 0.3) is 5.91 Å². The molecule has 1 aliphatic heterocycles. The third-order valence-corrected chi connectivity index (χ3v) is 4.68. The molecule has 2 aromatic rings. The molecule has 1 N–H and O–H groups in total. The van der Waals surface area contributed by atoms with Gasteiger partial charge >= 0.3 is 12.4 Å². The Hall–Kier alpha value is -3.56. The lowest BCUT2D eigenvalue weighted by Crippen LogP contribution is -2.51. The van der Waals surface area contributed by atoms with Crippen molar-refractivity contribution < 1.29 is 31.9 Å². The summed E-state index contributed by atoms with van der Waals surface area (Å²) in [5, 5.41) is 2.59. The highest BCUT2D eigenvalue weighted by molar-refractivity contribution is 5.98. The second-order valence-corrected chi connectivity index (χ2v) is 6.69. The van der Waals surface area contributed by atoms with Crippen molar-refractivity contribution in [2.45, 2.75) is 6.36 Å². The van der Waals surface area contributed by atoms with Crippen molar-refractivity contribution in [1.29, 1.82) is 0 Å². The number of ether oxygens (including phenoxy) is 1. The molecule has 0 bridgehead atoms. The summed E-state index contributed by atoms with van der Waals surface area (Å²) in [6.07, 6.45) is -3.50. The van der Waals surface area contributed by atoms with Gasteiger partial charge in [0.2, 0.25) is 0 Å². The molecular formula is C21H19F4N3O3. The number of nitrogens with zero attached hydrogens (tertiary/aromatic N) is 2. The molecule has 1 fully saturated rings. The van der Waals surface area contributed by atoms with Crippen molar-refractivity contribution in [3.05, 3.63) is 66.0 Å². The van der Waals surface area contributed by atoms with Gasteiger partial charge in [-0.3, -0.25) is 4.79 Å². The summed E-state index contributed by atoms with van der Waals surface area (Å²) < 4.78 is 54.3. The van der Waals surface area contributed by atoms with Gasteiger partial charge in [-0.05, 0) is 36.4 Å². The van der Waals surface area contributed by atoms with Crippen LogP contribution in [0.4, 0.5) is 28.0 Å². The molecular weight excluding hydrogens is 418 g/mol. The molecule has 0 saturated carbocycles. The smallest absolute Gasteiger partial charge is 0.406 e. The number of piperazine rings is 1.